The van der Waals surface area contributed by atoms with Crippen molar-refractivity contribution in [1.29, 1.82) is 0 Å². The molecule has 0 radical (unpaired) electrons. The van der Waals surface area contributed by atoms with Crippen LogP contribution in [0, 0.1) is 0 Å². The van der Waals surface area contributed by atoms with Crippen molar-refractivity contribution in [2.75, 3.05) is 14.2 Å². The van der Waals surface area contributed by atoms with Gasteiger partial charge in [-0.3, -0.25) is 9.59 Å². The fraction of sp³-hybridized carbons (Fsp3) is 0.174. The highest BCUT2D eigenvalue weighted by Crippen LogP contribution is 2.27. The molecule has 7 nitrogen and oxygen atoms in total. The Kier molecular flexibility index (Phi) is 6.32. The number of aromatic carboxylic acids is 1. The van der Waals surface area contributed by atoms with Gasteiger partial charge in [-0.2, -0.15) is 0 Å². The van der Waals surface area contributed by atoms with Crippen LogP contribution in [0.1, 0.15) is 21.5 Å². The average Bonchev–Trinajstić information content (AvgIpc) is 2.75. The topological polar surface area (TPSA) is 99.1 Å². The first-order valence-electron chi connectivity index (χ1n) is 9.09. The summed E-state index contributed by atoms with van der Waals surface area (Å²) in [4.78, 5) is 36.4. The minimum Gasteiger partial charge on any atom is -0.490 e. The van der Waals surface area contributed by atoms with Gasteiger partial charge in [0.15, 0.2) is 0 Å². The van der Waals surface area contributed by atoms with Crippen molar-refractivity contribution in [2.45, 2.75) is 13.0 Å². The molecule has 1 N–H and O–H groups in total. The predicted molar refractivity (Wildman–Crippen MR) is 107 cm³/mol. The Labute approximate surface area is 173 Å². The molecule has 0 atom stereocenters. The van der Waals surface area contributed by atoms with Crippen LogP contribution in [0.3, 0.4) is 0 Å². The number of carboxylic acid groups (broad SMARTS) is 1. The largest absolute Gasteiger partial charge is 0.490 e. The van der Waals surface area contributed by atoms with Gasteiger partial charge in [-0.25, -0.2) is 4.79 Å². The van der Waals surface area contributed by atoms with E-state index >= 15 is 0 Å². The second-order valence-electron chi connectivity index (χ2n) is 6.52. The van der Waals surface area contributed by atoms with E-state index in [1.807, 2.05) is 30.3 Å². The number of carbonyl (C=O) groups is 3. The van der Waals surface area contributed by atoms with Crippen LogP contribution in [-0.2, 0) is 32.1 Å². The van der Waals surface area contributed by atoms with Gasteiger partial charge in [0.25, 0.3) is 0 Å². The average molecular weight is 408 g/mol. The maximum atomic E-state index is 12.6. The monoisotopic (exact) mass is 408 g/mol. The third kappa shape index (κ3) is 4.41. The zero-order valence-electron chi connectivity index (χ0n) is 16.5. The van der Waals surface area contributed by atoms with E-state index in [1.54, 1.807) is 12.1 Å². The van der Waals surface area contributed by atoms with Crippen molar-refractivity contribution < 1.29 is 33.7 Å². The third-order valence-electron chi connectivity index (χ3n) is 4.55. The van der Waals surface area contributed by atoms with E-state index in [2.05, 4.69) is 0 Å². The lowest BCUT2D eigenvalue weighted by Gasteiger charge is -2.17. The number of rotatable bonds is 8. The molecule has 0 aromatic heterocycles. The van der Waals surface area contributed by atoms with Gasteiger partial charge < -0.3 is 19.3 Å². The van der Waals surface area contributed by atoms with Crippen molar-refractivity contribution >= 4 is 17.5 Å². The normalized spacial score (nSPS) is 13.7. The van der Waals surface area contributed by atoms with E-state index in [4.69, 9.17) is 14.2 Å². The summed E-state index contributed by atoms with van der Waals surface area (Å²) >= 11 is 0. The number of Topliss-reactive ketones (excluding diaryl/α,β-unsaturated/α-hetero) is 1. The van der Waals surface area contributed by atoms with E-state index < -0.39 is 17.5 Å². The lowest BCUT2D eigenvalue weighted by Crippen LogP contribution is -2.22. The highest BCUT2D eigenvalue weighted by atomic mass is 16.5. The summed E-state index contributed by atoms with van der Waals surface area (Å²) in [5.74, 6) is -2.15. The maximum Gasteiger partial charge on any atom is 0.339 e. The van der Waals surface area contributed by atoms with E-state index in [0.29, 0.717) is 5.56 Å². The number of methoxy groups -OCH3 is 2. The van der Waals surface area contributed by atoms with Crippen molar-refractivity contribution in [1.82, 2.24) is 0 Å². The predicted octanol–water partition coefficient (Wildman–Crippen LogP) is 3.09. The van der Waals surface area contributed by atoms with E-state index in [-0.39, 0.29) is 41.4 Å². The number of carbonyl (C=O) groups excluding carboxylic acids is 2. The van der Waals surface area contributed by atoms with Crippen LogP contribution in [0.2, 0.25) is 0 Å². The molecule has 30 heavy (non-hydrogen) atoms. The lowest BCUT2D eigenvalue weighted by molar-refractivity contribution is -0.120. The zero-order valence-corrected chi connectivity index (χ0v) is 16.5. The van der Waals surface area contributed by atoms with Gasteiger partial charge in [-0.1, -0.05) is 36.4 Å². The van der Waals surface area contributed by atoms with Crippen LogP contribution in [0.5, 0.6) is 5.75 Å². The van der Waals surface area contributed by atoms with Gasteiger partial charge in [0.05, 0.1) is 14.2 Å². The number of ketones is 2. The van der Waals surface area contributed by atoms with Crippen molar-refractivity contribution in [3.05, 3.63) is 88.4 Å². The molecular weight excluding hydrogens is 388 g/mol. The Balaban J connectivity index is 1.85. The standard InChI is InChI=1S/C23H20O7/c1-28-21-18(24)12-16(20(25)22(21)29-2)10-15-8-9-17(23(26)27)19(11-15)30-13-14-6-4-3-5-7-14/h3-9,11-12H,10,13H2,1-2H3,(H,26,27). The fourth-order valence-corrected chi connectivity index (χ4v) is 3.09. The first-order valence-corrected chi connectivity index (χ1v) is 9.09. The number of benzene rings is 2. The van der Waals surface area contributed by atoms with Crippen molar-refractivity contribution in [3.8, 4) is 5.75 Å². The third-order valence-corrected chi connectivity index (χ3v) is 4.55. The molecule has 0 aliphatic heterocycles. The summed E-state index contributed by atoms with van der Waals surface area (Å²) in [6, 6.07) is 13.9. The van der Waals surface area contributed by atoms with Gasteiger partial charge >= 0.3 is 5.97 Å². The first-order chi connectivity index (χ1) is 14.4. The van der Waals surface area contributed by atoms with Crippen molar-refractivity contribution in [2.24, 2.45) is 0 Å². The fourth-order valence-electron chi connectivity index (χ4n) is 3.09. The molecule has 0 heterocycles. The van der Waals surface area contributed by atoms with Crippen LogP contribution >= 0.6 is 0 Å². The minimum absolute atomic E-state index is 0.00820. The number of hydrogen-bond donors (Lipinski definition) is 1. The highest BCUT2D eigenvalue weighted by Gasteiger charge is 2.30. The van der Waals surface area contributed by atoms with Crippen LogP contribution in [0.4, 0.5) is 0 Å². The van der Waals surface area contributed by atoms with Gasteiger partial charge in [0.2, 0.25) is 23.1 Å². The Hall–Kier alpha value is -3.87. The number of ether oxygens (including phenoxy) is 3. The summed E-state index contributed by atoms with van der Waals surface area (Å²) in [6.45, 7) is 0.193. The Bertz CT molecular complexity index is 1050. The molecule has 0 bridgehead atoms. The van der Waals surface area contributed by atoms with Crippen LogP contribution < -0.4 is 4.74 Å². The molecule has 2 aromatic rings. The summed E-state index contributed by atoms with van der Waals surface area (Å²) in [5, 5.41) is 9.45. The van der Waals surface area contributed by atoms with E-state index in [9.17, 15) is 19.5 Å². The smallest absolute Gasteiger partial charge is 0.339 e. The molecule has 0 saturated carbocycles. The van der Waals surface area contributed by atoms with Gasteiger partial charge in [-0.05, 0) is 29.3 Å². The van der Waals surface area contributed by atoms with E-state index in [1.165, 1.54) is 26.4 Å². The lowest BCUT2D eigenvalue weighted by atomic mass is 9.94. The summed E-state index contributed by atoms with van der Waals surface area (Å²) in [7, 11) is 2.58. The molecule has 0 spiro atoms. The molecule has 0 unspecified atom stereocenters. The van der Waals surface area contributed by atoms with Crippen LogP contribution in [0.25, 0.3) is 0 Å². The Morgan fingerprint density at radius 1 is 0.933 bits per heavy atom. The molecule has 0 saturated heterocycles. The molecule has 7 heteroatoms. The Morgan fingerprint density at radius 3 is 2.27 bits per heavy atom. The molecule has 0 fully saturated rings. The molecule has 0 amide bonds. The van der Waals surface area contributed by atoms with Crippen LogP contribution in [0.15, 0.2) is 71.7 Å². The molecular formula is C23H20O7. The summed E-state index contributed by atoms with van der Waals surface area (Å²) < 4.78 is 15.7. The van der Waals surface area contributed by atoms with Crippen molar-refractivity contribution in [3.63, 3.8) is 0 Å². The molecule has 3 rings (SSSR count). The number of carboxylic acids is 1. The molecule has 2 aromatic carbocycles. The number of allylic oxidation sites excluding steroid dienone is 2. The second-order valence-corrected chi connectivity index (χ2v) is 6.52. The SMILES string of the molecule is COC1=C(OC)C(=O)C(Cc2ccc(C(=O)O)c(OCc3ccccc3)c2)=CC1=O. The Morgan fingerprint density at radius 2 is 1.63 bits per heavy atom. The van der Waals surface area contributed by atoms with Gasteiger partial charge in [0.1, 0.15) is 17.9 Å². The first kappa shape index (κ1) is 20.9. The van der Waals surface area contributed by atoms with E-state index in [0.717, 1.165) is 5.56 Å². The second kappa shape index (κ2) is 9.09. The highest BCUT2D eigenvalue weighted by molar-refractivity contribution is 6.21. The maximum absolute atomic E-state index is 12.6. The minimum atomic E-state index is -1.12. The quantitative estimate of drug-likeness (QED) is 0.670. The zero-order chi connectivity index (χ0) is 21.7. The summed E-state index contributed by atoms with van der Waals surface area (Å²) in [5.41, 5.74) is 1.73. The molecule has 154 valence electrons. The van der Waals surface area contributed by atoms with Gasteiger partial charge in [-0.15, -0.1) is 0 Å². The molecule has 1 aliphatic rings. The number of hydrogen-bond acceptors (Lipinski definition) is 6. The molecule has 1 aliphatic carbocycles. The van der Waals surface area contributed by atoms with Gasteiger partial charge in [0, 0.05) is 12.0 Å². The summed E-state index contributed by atoms with van der Waals surface area (Å²) in [6.07, 6.45) is 1.31. The van der Waals surface area contributed by atoms with Crippen LogP contribution in [-0.4, -0.2) is 36.9 Å².